The minimum atomic E-state index is -0.248. The highest BCUT2D eigenvalue weighted by molar-refractivity contribution is 6.35. The minimum absolute atomic E-state index is 0.248. The van der Waals surface area contributed by atoms with E-state index in [0.29, 0.717) is 28.0 Å². The van der Waals surface area contributed by atoms with E-state index < -0.39 is 0 Å². The maximum absolute atomic E-state index is 12.2. The Kier molecular flexibility index (Phi) is 4.60. The number of amides is 1. The van der Waals surface area contributed by atoms with Crippen LogP contribution in [0.4, 0.5) is 5.82 Å². The second-order valence-electron chi connectivity index (χ2n) is 4.81. The summed E-state index contributed by atoms with van der Waals surface area (Å²) in [5.41, 5.74) is 1.33. The molecule has 0 radical (unpaired) electrons. The van der Waals surface area contributed by atoms with Crippen LogP contribution in [0.2, 0.25) is 10.0 Å². The largest absolute Gasteiger partial charge is 0.307 e. The molecule has 7 heteroatoms. The Morgan fingerprint density at radius 3 is 2.78 bits per heavy atom. The van der Waals surface area contributed by atoms with Crippen LogP contribution in [0.1, 0.15) is 15.9 Å². The van der Waals surface area contributed by atoms with Crippen LogP contribution in [0.25, 0.3) is 0 Å². The van der Waals surface area contributed by atoms with Gasteiger partial charge in [-0.15, -0.1) is 0 Å². The third-order valence-electron chi connectivity index (χ3n) is 3.22. The van der Waals surface area contributed by atoms with Crippen molar-refractivity contribution in [2.24, 2.45) is 0 Å². The van der Waals surface area contributed by atoms with Gasteiger partial charge in [-0.2, -0.15) is 5.10 Å². The molecule has 0 unspecified atom stereocenters. The molecule has 0 aliphatic heterocycles. The molecule has 2 heterocycles. The topological polar surface area (TPSA) is 59.8 Å². The molecule has 0 atom stereocenters. The van der Waals surface area contributed by atoms with Crippen LogP contribution < -0.4 is 5.32 Å². The molecule has 0 aliphatic carbocycles. The third kappa shape index (κ3) is 3.70. The van der Waals surface area contributed by atoms with Gasteiger partial charge in [0.15, 0.2) is 0 Å². The fourth-order valence-corrected chi connectivity index (χ4v) is 2.53. The van der Waals surface area contributed by atoms with Gasteiger partial charge in [0.05, 0.1) is 18.3 Å². The van der Waals surface area contributed by atoms with Crippen molar-refractivity contribution in [2.75, 3.05) is 5.32 Å². The van der Waals surface area contributed by atoms with Crippen LogP contribution in [0, 0.1) is 0 Å². The standard InChI is InChI=1S/C16H12Cl2N4O/c17-13-4-3-12(14(18)8-13)10-22-15(5-7-20-22)21-16(23)11-2-1-6-19-9-11/h1-9H,10H2,(H,21,23). The number of hydrogen-bond donors (Lipinski definition) is 1. The predicted octanol–water partition coefficient (Wildman–Crippen LogP) is 3.89. The molecule has 23 heavy (non-hydrogen) atoms. The lowest BCUT2D eigenvalue weighted by Gasteiger charge is -2.10. The van der Waals surface area contributed by atoms with Gasteiger partial charge in [-0.3, -0.25) is 9.78 Å². The number of anilines is 1. The molecule has 3 aromatic rings. The highest BCUT2D eigenvalue weighted by Gasteiger charge is 2.11. The summed E-state index contributed by atoms with van der Waals surface area (Å²) in [7, 11) is 0. The number of nitrogens with one attached hydrogen (secondary N) is 1. The zero-order chi connectivity index (χ0) is 16.2. The van der Waals surface area contributed by atoms with Crippen LogP contribution >= 0.6 is 23.2 Å². The molecule has 0 spiro atoms. The number of carbonyl (C=O) groups excluding carboxylic acids is 1. The molecular weight excluding hydrogens is 335 g/mol. The summed E-state index contributed by atoms with van der Waals surface area (Å²) in [6, 6.07) is 10.4. The van der Waals surface area contributed by atoms with Crippen molar-refractivity contribution in [1.29, 1.82) is 0 Å². The van der Waals surface area contributed by atoms with Crippen molar-refractivity contribution in [2.45, 2.75) is 6.54 Å². The first-order valence-electron chi connectivity index (χ1n) is 6.80. The van der Waals surface area contributed by atoms with E-state index in [1.165, 1.54) is 6.20 Å². The van der Waals surface area contributed by atoms with Crippen molar-refractivity contribution in [3.8, 4) is 0 Å². The Labute approximate surface area is 142 Å². The smallest absolute Gasteiger partial charge is 0.258 e. The van der Waals surface area contributed by atoms with Crippen molar-refractivity contribution in [3.05, 3.63) is 76.2 Å². The maximum atomic E-state index is 12.2. The van der Waals surface area contributed by atoms with Gasteiger partial charge in [0, 0.05) is 28.5 Å². The Hall–Kier alpha value is -2.37. The van der Waals surface area contributed by atoms with Gasteiger partial charge in [-0.25, -0.2) is 4.68 Å². The molecule has 3 rings (SSSR count). The van der Waals surface area contributed by atoms with Gasteiger partial charge in [0.25, 0.3) is 5.91 Å². The van der Waals surface area contributed by atoms with Crippen LogP contribution in [-0.4, -0.2) is 20.7 Å². The first kappa shape index (κ1) is 15.5. The summed E-state index contributed by atoms with van der Waals surface area (Å²) in [6.45, 7) is 0.422. The first-order valence-corrected chi connectivity index (χ1v) is 7.56. The molecule has 0 bridgehead atoms. The van der Waals surface area contributed by atoms with E-state index in [-0.39, 0.29) is 5.91 Å². The molecule has 1 N–H and O–H groups in total. The second-order valence-corrected chi connectivity index (χ2v) is 5.65. The highest BCUT2D eigenvalue weighted by Crippen LogP contribution is 2.22. The summed E-state index contributed by atoms with van der Waals surface area (Å²) < 4.78 is 1.66. The van der Waals surface area contributed by atoms with Gasteiger partial charge in [-0.1, -0.05) is 29.3 Å². The number of halogens is 2. The van der Waals surface area contributed by atoms with Crippen LogP contribution in [-0.2, 0) is 6.54 Å². The van der Waals surface area contributed by atoms with Crippen molar-refractivity contribution < 1.29 is 4.79 Å². The van der Waals surface area contributed by atoms with Crippen LogP contribution in [0.5, 0.6) is 0 Å². The van der Waals surface area contributed by atoms with Gasteiger partial charge >= 0.3 is 0 Å². The van der Waals surface area contributed by atoms with E-state index in [9.17, 15) is 4.79 Å². The Balaban J connectivity index is 1.78. The van der Waals surface area contributed by atoms with E-state index in [4.69, 9.17) is 23.2 Å². The molecule has 5 nitrogen and oxygen atoms in total. The lowest BCUT2D eigenvalue weighted by atomic mass is 10.2. The maximum Gasteiger partial charge on any atom is 0.258 e. The number of nitrogens with zero attached hydrogens (tertiary/aromatic N) is 3. The number of hydrogen-bond acceptors (Lipinski definition) is 3. The summed E-state index contributed by atoms with van der Waals surface area (Å²) in [4.78, 5) is 16.1. The average molecular weight is 347 g/mol. The van der Waals surface area contributed by atoms with Gasteiger partial charge in [-0.05, 0) is 29.8 Å². The third-order valence-corrected chi connectivity index (χ3v) is 3.80. The molecule has 2 aromatic heterocycles. The molecule has 1 aromatic carbocycles. The highest BCUT2D eigenvalue weighted by atomic mass is 35.5. The molecule has 0 saturated carbocycles. The minimum Gasteiger partial charge on any atom is -0.307 e. The molecule has 0 fully saturated rings. The number of aromatic nitrogens is 3. The zero-order valence-corrected chi connectivity index (χ0v) is 13.4. The summed E-state index contributed by atoms with van der Waals surface area (Å²) in [5, 5.41) is 8.15. The Morgan fingerprint density at radius 1 is 1.17 bits per heavy atom. The second kappa shape index (κ2) is 6.81. The van der Waals surface area contributed by atoms with E-state index in [2.05, 4.69) is 15.4 Å². The first-order chi connectivity index (χ1) is 11.1. The van der Waals surface area contributed by atoms with E-state index in [1.807, 2.05) is 6.07 Å². The van der Waals surface area contributed by atoms with Crippen LogP contribution in [0.3, 0.4) is 0 Å². The van der Waals surface area contributed by atoms with Crippen molar-refractivity contribution >= 4 is 34.9 Å². The van der Waals surface area contributed by atoms with Crippen molar-refractivity contribution in [1.82, 2.24) is 14.8 Å². The molecule has 0 saturated heterocycles. The summed E-state index contributed by atoms with van der Waals surface area (Å²) in [5.74, 6) is 0.326. The SMILES string of the molecule is O=C(Nc1ccnn1Cc1ccc(Cl)cc1Cl)c1cccnc1. The van der Waals surface area contributed by atoms with Crippen LogP contribution in [0.15, 0.2) is 55.0 Å². The lowest BCUT2D eigenvalue weighted by Crippen LogP contribution is -2.16. The lowest BCUT2D eigenvalue weighted by molar-refractivity contribution is 0.102. The fourth-order valence-electron chi connectivity index (χ4n) is 2.06. The Morgan fingerprint density at radius 2 is 2.04 bits per heavy atom. The van der Waals surface area contributed by atoms with E-state index >= 15 is 0 Å². The van der Waals surface area contributed by atoms with Gasteiger partial charge in [0.1, 0.15) is 5.82 Å². The average Bonchev–Trinajstić information content (AvgIpc) is 2.98. The number of benzene rings is 1. The number of rotatable bonds is 4. The zero-order valence-electron chi connectivity index (χ0n) is 11.9. The van der Waals surface area contributed by atoms with Gasteiger partial charge < -0.3 is 5.32 Å². The fraction of sp³-hybridized carbons (Fsp3) is 0.0625. The quantitative estimate of drug-likeness (QED) is 0.779. The van der Waals surface area contributed by atoms with Crippen molar-refractivity contribution in [3.63, 3.8) is 0 Å². The molecule has 0 aliphatic rings. The predicted molar refractivity (Wildman–Crippen MR) is 90.0 cm³/mol. The number of pyridine rings is 1. The Bertz CT molecular complexity index is 833. The monoisotopic (exact) mass is 346 g/mol. The van der Waals surface area contributed by atoms with E-state index in [0.717, 1.165) is 5.56 Å². The summed E-state index contributed by atoms with van der Waals surface area (Å²) in [6.07, 6.45) is 4.73. The normalized spacial score (nSPS) is 10.5. The number of carbonyl (C=O) groups is 1. The summed E-state index contributed by atoms with van der Waals surface area (Å²) >= 11 is 12.1. The van der Waals surface area contributed by atoms with E-state index in [1.54, 1.807) is 47.4 Å². The molecule has 116 valence electrons. The molecule has 1 amide bonds. The molecular formula is C16H12Cl2N4O. The van der Waals surface area contributed by atoms with Gasteiger partial charge in [0.2, 0.25) is 0 Å².